The van der Waals surface area contributed by atoms with E-state index in [-0.39, 0.29) is 11.5 Å². The second-order valence-electron chi connectivity index (χ2n) is 5.91. The molecule has 1 N–H and O–H groups in total. The number of anilines is 1. The summed E-state index contributed by atoms with van der Waals surface area (Å²) in [5.74, 6) is -0.329. The minimum Gasteiger partial charge on any atom is -0.300 e. The Balaban J connectivity index is 1.56. The summed E-state index contributed by atoms with van der Waals surface area (Å²) in [6.45, 7) is 1.66. The fourth-order valence-electron chi connectivity index (χ4n) is 2.68. The second-order valence-corrected chi connectivity index (χ2v) is 6.77. The SMILES string of the molecule is C[C@@H](C(=O)Nc1nc(-c2ccncc2)cs1)n1cnc2ccccc2c1=O. The summed E-state index contributed by atoms with van der Waals surface area (Å²) >= 11 is 1.33. The van der Waals surface area contributed by atoms with Gasteiger partial charge in [0.25, 0.3) is 5.56 Å². The summed E-state index contributed by atoms with van der Waals surface area (Å²) in [7, 11) is 0. The van der Waals surface area contributed by atoms with E-state index in [0.29, 0.717) is 16.0 Å². The number of benzene rings is 1. The van der Waals surface area contributed by atoms with Crippen LogP contribution in [0.4, 0.5) is 5.13 Å². The van der Waals surface area contributed by atoms with E-state index in [4.69, 9.17) is 0 Å². The molecule has 0 unspecified atom stereocenters. The molecule has 3 heterocycles. The van der Waals surface area contributed by atoms with Crippen molar-refractivity contribution in [3.8, 4) is 11.3 Å². The lowest BCUT2D eigenvalue weighted by Gasteiger charge is -2.14. The van der Waals surface area contributed by atoms with E-state index >= 15 is 0 Å². The Labute approximate surface area is 158 Å². The lowest BCUT2D eigenvalue weighted by molar-refractivity contribution is -0.118. The van der Waals surface area contributed by atoms with E-state index in [1.165, 1.54) is 22.2 Å². The van der Waals surface area contributed by atoms with E-state index in [1.807, 2.05) is 23.6 Å². The molecule has 27 heavy (non-hydrogen) atoms. The van der Waals surface area contributed by atoms with Gasteiger partial charge in [0.1, 0.15) is 6.04 Å². The molecule has 0 aliphatic heterocycles. The fourth-order valence-corrected chi connectivity index (χ4v) is 3.40. The van der Waals surface area contributed by atoms with Crippen LogP contribution in [0.15, 0.2) is 65.3 Å². The zero-order valence-electron chi connectivity index (χ0n) is 14.4. The monoisotopic (exact) mass is 377 g/mol. The number of rotatable bonds is 4. The summed E-state index contributed by atoms with van der Waals surface area (Å²) in [4.78, 5) is 37.9. The summed E-state index contributed by atoms with van der Waals surface area (Å²) in [6, 6.07) is 10.0. The van der Waals surface area contributed by atoms with Crippen molar-refractivity contribution in [2.45, 2.75) is 13.0 Å². The topological polar surface area (TPSA) is 89.8 Å². The number of pyridine rings is 1. The van der Waals surface area contributed by atoms with Crippen LogP contribution in [-0.2, 0) is 4.79 Å². The van der Waals surface area contributed by atoms with Gasteiger partial charge in [-0.25, -0.2) is 9.97 Å². The van der Waals surface area contributed by atoms with Crippen molar-refractivity contribution in [2.75, 3.05) is 5.32 Å². The molecule has 4 aromatic rings. The quantitative estimate of drug-likeness (QED) is 0.590. The lowest BCUT2D eigenvalue weighted by Crippen LogP contribution is -2.31. The van der Waals surface area contributed by atoms with Crippen LogP contribution < -0.4 is 10.9 Å². The maximum absolute atomic E-state index is 12.6. The van der Waals surface area contributed by atoms with Crippen LogP contribution in [0.3, 0.4) is 0 Å². The van der Waals surface area contributed by atoms with Crippen molar-refractivity contribution in [1.82, 2.24) is 19.5 Å². The second kappa shape index (κ2) is 7.08. The Morgan fingerprint density at radius 1 is 1.19 bits per heavy atom. The molecule has 0 fully saturated rings. The number of fused-ring (bicyclic) bond motifs is 1. The average Bonchev–Trinajstić information content (AvgIpc) is 3.17. The van der Waals surface area contributed by atoms with Crippen LogP contribution in [0.25, 0.3) is 22.2 Å². The molecule has 0 saturated heterocycles. The zero-order valence-corrected chi connectivity index (χ0v) is 15.2. The summed E-state index contributed by atoms with van der Waals surface area (Å²) in [5, 5.41) is 5.58. The highest BCUT2D eigenvalue weighted by Crippen LogP contribution is 2.24. The molecule has 3 aromatic heterocycles. The highest BCUT2D eigenvalue weighted by Gasteiger charge is 2.19. The number of amides is 1. The van der Waals surface area contributed by atoms with Crippen molar-refractivity contribution in [3.05, 3.63) is 70.9 Å². The molecule has 8 heteroatoms. The van der Waals surface area contributed by atoms with Crippen molar-refractivity contribution in [1.29, 1.82) is 0 Å². The number of thiazole rings is 1. The first-order chi connectivity index (χ1) is 13.1. The summed E-state index contributed by atoms with van der Waals surface area (Å²) in [6.07, 6.45) is 4.78. The van der Waals surface area contributed by atoms with E-state index in [1.54, 1.807) is 37.5 Å². The molecule has 7 nitrogen and oxygen atoms in total. The number of hydrogen-bond acceptors (Lipinski definition) is 6. The third kappa shape index (κ3) is 3.34. The highest BCUT2D eigenvalue weighted by atomic mass is 32.1. The molecular formula is C19H15N5O2S. The average molecular weight is 377 g/mol. The largest absolute Gasteiger partial charge is 0.300 e. The first-order valence-electron chi connectivity index (χ1n) is 8.26. The minimum absolute atomic E-state index is 0.250. The van der Waals surface area contributed by atoms with Gasteiger partial charge < -0.3 is 5.32 Å². The van der Waals surface area contributed by atoms with Gasteiger partial charge in [0.15, 0.2) is 5.13 Å². The summed E-state index contributed by atoms with van der Waals surface area (Å²) in [5.41, 5.74) is 2.03. The molecule has 0 aliphatic carbocycles. The van der Waals surface area contributed by atoms with Gasteiger partial charge in [-0.3, -0.25) is 19.1 Å². The number of hydrogen-bond donors (Lipinski definition) is 1. The molecule has 134 valence electrons. The molecule has 4 rings (SSSR count). The van der Waals surface area contributed by atoms with E-state index in [9.17, 15) is 9.59 Å². The molecule has 0 bridgehead atoms. The van der Waals surface area contributed by atoms with Crippen molar-refractivity contribution >= 4 is 33.3 Å². The van der Waals surface area contributed by atoms with Gasteiger partial charge in [0, 0.05) is 23.3 Å². The number of carbonyl (C=O) groups is 1. The molecule has 0 radical (unpaired) electrons. The van der Waals surface area contributed by atoms with Gasteiger partial charge in [-0.15, -0.1) is 11.3 Å². The van der Waals surface area contributed by atoms with Gasteiger partial charge in [0.05, 0.1) is 22.9 Å². The molecule has 1 amide bonds. The number of carbonyl (C=O) groups excluding carboxylic acids is 1. The predicted octanol–water partition coefficient (Wildman–Crippen LogP) is 3.11. The highest BCUT2D eigenvalue weighted by molar-refractivity contribution is 7.14. The maximum Gasteiger partial charge on any atom is 0.261 e. The van der Waals surface area contributed by atoms with Gasteiger partial charge >= 0.3 is 0 Å². The Bertz CT molecular complexity index is 1170. The molecule has 0 saturated carbocycles. The number of nitrogens with zero attached hydrogens (tertiary/aromatic N) is 4. The fraction of sp³-hybridized carbons (Fsp3) is 0.105. The number of aromatic nitrogens is 4. The Morgan fingerprint density at radius 2 is 1.96 bits per heavy atom. The van der Waals surface area contributed by atoms with Crippen LogP contribution in [0.1, 0.15) is 13.0 Å². The number of nitrogens with one attached hydrogen (secondary N) is 1. The van der Waals surface area contributed by atoms with Gasteiger partial charge in [-0.05, 0) is 31.2 Å². The van der Waals surface area contributed by atoms with E-state index in [2.05, 4.69) is 20.3 Å². The molecule has 1 aromatic carbocycles. The Hall–Kier alpha value is -3.39. The van der Waals surface area contributed by atoms with Crippen LogP contribution in [0, 0.1) is 0 Å². The Kier molecular flexibility index (Phi) is 4.47. The predicted molar refractivity (Wildman–Crippen MR) is 105 cm³/mol. The van der Waals surface area contributed by atoms with Crippen LogP contribution in [0.5, 0.6) is 0 Å². The molecular weight excluding hydrogens is 362 g/mol. The van der Waals surface area contributed by atoms with Crippen LogP contribution >= 0.6 is 11.3 Å². The summed E-state index contributed by atoms with van der Waals surface area (Å²) < 4.78 is 1.33. The van der Waals surface area contributed by atoms with Gasteiger partial charge in [0.2, 0.25) is 5.91 Å². The first-order valence-corrected chi connectivity index (χ1v) is 9.14. The maximum atomic E-state index is 12.6. The van der Waals surface area contributed by atoms with Gasteiger partial charge in [-0.2, -0.15) is 0 Å². The van der Waals surface area contributed by atoms with E-state index < -0.39 is 6.04 Å². The molecule has 0 aliphatic rings. The van der Waals surface area contributed by atoms with Crippen molar-refractivity contribution in [2.24, 2.45) is 0 Å². The minimum atomic E-state index is -0.720. The van der Waals surface area contributed by atoms with Crippen molar-refractivity contribution in [3.63, 3.8) is 0 Å². The zero-order chi connectivity index (χ0) is 18.8. The number of para-hydroxylation sites is 1. The standard InChI is InChI=1S/C19H15N5O2S/c1-12(24-11-21-15-5-3-2-4-14(15)18(24)26)17(25)23-19-22-16(10-27-19)13-6-8-20-9-7-13/h2-12H,1H3,(H,22,23,25)/t12-/m0/s1. The first kappa shape index (κ1) is 17.0. The molecule has 1 atom stereocenters. The Morgan fingerprint density at radius 3 is 2.78 bits per heavy atom. The lowest BCUT2D eigenvalue weighted by atomic mass is 10.2. The van der Waals surface area contributed by atoms with E-state index in [0.717, 1.165) is 11.3 Å². The third-order valence-corrected chi connectivity index (χ3v) is 4.96. The molecule has 0 spiro atoms. The normalized spacial score (nSPS) is 12.0. The van der Waals surface area contributed by atoms with Gasteiger partial charge in [-0.1, -0.05) is 12.1 Å². The van der Waals surface area contributed by atoms with Crippen molar-refractivity contribution < 1.29 is 4.79 Å². The van der Waals surface area contributed by atoms with Crippen LogP contribution in [-0.4, -0.2) is 25.4 Å². The van der Waals surface area contributed by atoms with Crippen LogP contribution in [0.2, 0.25) is 0 Å². The smallest absolute Gasteiger partial charge is 0.261 e. The third-order valence-electron chi connectivity index (χ3n) is 4.20.